The normalized spacial score (nSPS) is 15.2. The van der Waals surface area contributed by atoms with E-state index in [-0.39, 0.29) is 18.5 Å². The SMILES string of the molecule is COc1ccc(C2=NN(C(=O)CN(C)Cc3ccccc3)[C@H](c3ccc(OC)cc3OC)C2)cc1. The maximum Gasteiger partial charge on any atom is 0.257 e. The standard InChI is InChI=1S/C28H31N3O4/c1-30(18-20-8-6-5-7-9-20)19-28(32)31-26(24-15-14-23(34-3)16-27(24)35-4)17-25(29-31)21-10-12-22(33-2)13-11-21/h5-16,26H,17-19H2,1-4H3/t26-/m0/s1. The Morgan fingerprint density at radius 1 is 0.943 bits per heavy atom. The van der Waals surface area contributed by atoms with Crippen LogP contribution in [0.15, 0.2) is 77.9 Å². The lowest BCUT2D eigenvalue weighted by Gasteiger charge is -2.26. The van der Waals surface area contributed by atoms with Crippen LogP contribution >= 0.6 is 0 Å². The Morgan fingerprint density at radius 3 is 2.29 bits per heavy atom. The highest BCUT2D eigenvalue weighted by molar-refractivity contribution is 6.03. The topological polar surface area (TPSA) is 63.6 Å². The van der Waals surface area contributed by atoms with Crippen LogP contribution in [0.5, 0.6) is 17.2 Å². The van der Waals surface area contributed by atoms with E-state index in [9.17, 15) is 4.79 Å². The predicted molar refractivity (Wildman–Crippen MR) is 136 cm³/mol. The molecule has 1 aliphatic rings. The summed E-state index contributed by atoms with van der Waals surface area (Å²) in [6, 6.07) is 23.2. The molecule has 7 heteroatoms. The molecule has 0 saturated heterocycles. The van der Waals surface area contributed by atoms with E-state index in [1.807, 2.05) is 72.6 Å². The van der Waals surface area contributed by atoms with E-state index < -0.39 is 0 Å². The van der Waals surface area contributed by atoms with Gasteiger partial charge >= 0.3 is 0 Å². The van der Waals surface area contributed by atoms with Crippen molar-refractivity contribution in [3.05, 3.63) is 89.5 Å². The first kappa shape index (κ1) is 24.3. The number of methoxy groups -OCH3 is 3. The minimum Gasteiger partial charge on any atom is -0.497 e. The predicted octanol–water partition coefficient (Wildman–Crippen LogP) is 4.52. The summed E-state index contributed by atoms with van der Waals surface area (Å²) in [7, 11) is 6.82. The van der Waals surface area contributed by atoms with Crippen LogP contribution in [0.4, 0.5) is 0 Å². The molecule has 0 fully saturated rings. The van der Waals surface area contributed by atoms with Crippen molar-refractivity contribution < 1.29 is 19.0 Å². The molecular weight excluding hydrogens is 442 g/mol. The largest absolute Gasteiger partial charge is 0.497 e. The van der Waals surface area contributed by atoms with Crippen LogP contribution in [-0.4, -0.2) is 56.4 Å². The number of carbonyl (C=O) groups excluding carboxylic acids is 1. The summed E-state index contributed by atoms with van der Waals surface area (Å²) in [4.78, 5) is 15.5. The molecule has 0 saturated carbocycles. The molecule has 3 aromatic rings. The molecule has 7 nitrogen and oxygen atoms in total. The zero-order valence-corrected chi connectivity index (χ0v) is 20.6. The number of rotatable bonds is 9. The van der Waals surface area contributed by atoms with Gasteiger partial charge < -0.3 is 14.2 Å². The monoisotopic (exact) mass is 473 g/mol. The van der Waals surface area contributed by atoms with Gasteiger partial charge in [0.2, 0.25) is 0 Å². The molecule has 1 amide bonds. The van der Waals surface area contributed by atoms with Gasteiger partial charge in [-0.1, -0.05) is 30.3 Å². The van der Waals surface area contributed by atoms with Crippen LogP contribution in [0.2, 0.25) is 0 Å². The van der Waals surface area contributed by atoms with Gasteiger partial charge in [-0.05, 0) is 54.6 Å². The first-order chi connectivity index (χ1) is 17.0. The van der Waals surface area contributed by atoms with Crippen LogP contribution in [0.25, 0.3) is 0 Å². The van der Waals surface area contributed by atoms with Crippen molar-refractivity contribution in [2.45, 2.75) is 19.0 Å². The van der Waals surface area contributed by atoms with E-state index in [2.05, 4.69) is 12.1 Å². The molecule has 0 aliphatic carbocycles. The number of nitrogens with zero attached hydrogens (tertiary/aromatic N) is 3. The summed E-state index contributed by atoms with van der Waals surface area (Å²) < 4.78 is 16.3. The van der Waals surface area contributed by atoms with Gasteiger partial charge in [0.05, 0.1) is 39.6 Å². The number of hydrogen-bond donors (Lipinski definition) is 0. The van der Waals surface area contributed by atoms with Gasteiger partial charge in [-0.3, -0.25) is 9.69 Å². The number of ether oxygens (including phenoxy) is 3. The fourth-order valence-electron chi connectivity index (χ4n) is 4.29. The fraction of sp³-hybridized carbons (Fsp3) is 0.286. The minimum atomic E-state index is -0.286. The van der Waals surface area contributed by atoms with E-state index in [4.69, 9.17) is 19.3 Å². The molecule has 0 bridgehead atoms. The summed E-state index contributed by atoms with van der Waals surface area (Å²) in [5, 5.41) is 6.40. The van der Waals surface area contributed by atoms with Gasteiger partial charge in [0.15, 0.2) is 0 Å². The van der Waals surface area contributed by atoms with Gasteiger partial charge in [-0.25, -0.2) is 5.01 Å². The lowest BCUT2D eigenvalue weighted by atomic mass is 9.97. The smallest absolute Gasteiger partial charge is 0.257 e. The van der Waals surface area contributed by atoms with Crippen molar-refractivity contribution in [2.24, 2.45) is 5.10 Å². The summed E-state index contributed by atoms with van der Waals surface area (Å²) >= 11 is 0. The van der Waals surface area contributed by atoms with E-state index in [1.54, 1.807) is 26.3 Å². The maximum absolute atomic E-state index is 13.5. The third-order valence-corrected chi connectivity index (χ3v) is 6.09. The average molecular weight is 474 g/mol. The average Bonchev–Trinajstić information content (AvgIpc) is 3.34. The zero-order chi connectivity index (χ0) is 24.8. The summed E-state index contributed by atoms with van der Waals surface area (Å²) in [6.45, 7) is 0.912. The molecule has 4 rings (SSSR count). The molecular formula is C28H31N3O4. The molecule has 0 aromatic heterocycles. The van der Waals surface area contributed by atoms with Gasteiger partial charge in [-0.15, -0.1) is 0 Å². The molecule has 0 radical (unpaired) electrons. The first-order valence-electron chi connectivity index (χ1n) is 11.5. The van der Waals surface area contributed by atoms with Crippen molar-refractivity contribution >= 4 is 11.6 Å². The van der Waals surface area contributed by atoms with Crippen molar-refractivity contribution in [3.63, 3.8) is 0 Å². The van der Waals surface area contributed by atoms with Crippen molar-refractivity contribution in [1.29, 1.82) is 0 Å². The van der Waals surface area contributed by atoms with E-state index in [0.717, 1.165) is 28.2 Å². The lowest BCUT2D eigenvalue weighted by molar-refractivity contribution is -0.134. The highest BCUT2D eigenvalue weighted by atomic mass is 16.5. The number of amides is 1. The Hall–Kier alpha value is -3.84. The third-order valence-electron chi connectivity index (χ3n) is 6.09. The Morgan fingerprint density at radius 2 is 1.63 bits per heavy atom. The van der Waals surface area contributed by atoms with Gasteiger partial charge in [0, 0.05) is 24.6 Å². The highest BCUT2D eigenvalue weighted by Gasteiger charge is 2.35. The zero-order valence-electron chi connectivity index (χ0n) is 20.6. The van der Waals surface area contributed by atoms with Gasteiger partial charge in [0.1, 0.15) is 17.2 Å². The Labute approximate surface area is 206 Å². The molecule has 3 aromatic carbocycles. The molecule has 1 aliphatic heterocycles. The minimum absolute atomic E-state index is 0.0742. The van der Waals surface area contributed by atoms with E-state index >= 15 is 0 Å². The molecule has 182 valence electrons. The molecule has 0 spiro atoms. The summed E-state index contributed by atoms with van der Waals surface area (Å²) in [5.41, 5.74) is 3.84. The van der Waals surface area contributed by atoms with Crippen LogP contribution in [0, 0.1) is 0 Å². The second-order valence-corrected chi connectivity index (χ2v) is 8.50. The number of hydrazone groups is 1. The van der Waals surface area contributed by atoms with E-state index in [1.165, 1.54) is 0 Å². The Bertz CT molecular complexity index is 1180. The van der Waals surface area contributed by atoms with Crippen LogP contribution < -0.4 is 14.2 Å². The summed E-state index contributed by atoms with van der Waals surface area (Å²) in [5.74, 6) is 2.06. The number of likely N-dealkylation sites (N-methyl/N-ethyl adjacent to an activating group) is 1. The van der Waals surface area contributed by atoms with Crippen molar-refractivity contribution in [3.8, 4) is 17.2 Å². The first-order valence-corrected chi connectivity index (χ1v) is 11.5. The Kier molecular flexibility index (Phi) is 7.67. The molecule has 1 heterocycles. The van der Waals surface area contributed by atoms with Crippen LogP contribution in [0.3, 0.4) is 0 Å². The second kappa shape index (κ2) is 11.1. The maximum atomic E-state index is 13.5. The molecule has 1 atom stereocenters. The number of hydrogen-bond acceptors (Lipinski definition) is 6. The van der Waals surface area contributed by atoms with Gasteiger partial charge in [0.25, 0.3) is 5.91 Å². The van der Waals surface area contributed by atoms with Crippen molar-refractivity contribution in [2.75, 3.05) is 34.9 Å². The quantitative estimate of drug-likeness (QED) is 0.457. The lowest BCUT2D eigenvalue weighted by Crippen LogP contribution is -2.36. The van der Waals surface area contributed by atoms with Gasteiger partial charge in [-0.2, -0.15) is 5.10 Å². The molecule has 35 heavy (non-hydrogen) atoms. The molecule has 0 N–H and O–H groups in total. The third kappa shape index (κ3) is 5.63. The molecule has 0 unspecified atom stereocenters. The van der Waals surface area contributed by atoms with E-state index in [0.29, 0.717) is 24.5 Å². The summed E-state index contributed by atoms with van der Waals surface area (Å²) in [6.07, 6.45) is 0.573. The number of benzene rings is 3. The highest BCUT2D eigenvalue weighted by Crippen LogP contribution is 2.39. The number of carbonyl (C=O) groups is 1. The fourth-order valence-corrected chi connectivity index (χ4v) is 4.29. The second-order valence-electron chi connectivity index (χ2n) is 8.50. The van der Waals surface area contributed by atoms with Crippen molar-refractivity contribution in [1.82, 2.24) is 9.91 Å². The van der Waals surface area contributed by atoms with Crippen LogP contribution in [0.1, 0.15) is 29.2 Å². The Balaban J connectivity index is 1.62. The van der Waals surface area contributed by atoms with Crippen LogP contribution in [-0.2, 0) is 11.3 Å².